The lowest BCUT2D eigenvalue weighted by molar-refractivity contribution is 0.0502. The summed E-state index contributed by atoms with van der Waals surface area (Å²) in [4.78, 5) is 0. The Morgan fingerprint density at radius 2 is 1.89 bits per heavy atom. The lowest BCUT2D eigenvalue weighted by Crippen LogP contribution is -2.32. The van der Waals surface area contributed by atoms with Crippen molar-refractivity contribution in [3.8, 4) is 5.75 Å². The number of ether oxygens (including phenoxy) is 1. The fourth-order valence-corrected chi connectivity index (χ4v) is 2.89. The van der Waals surface area contributed by atoms with Gasteiger partial charge in [0.15, 0.2) is 0 Å². The summed E-state index contributed by atoms with van der Waals surface area (Å²) in [5, 5.41) is 10.4. The quantitative estimate of drug-likeness (QED) is 0.940. The highest BCUT2D eigenvalue weighted by Crippen LogP contribution is 2.30. The highest BCUT2D eigenvalue weighted by atomic mass is 79.9. The molecular formula is C16H15BrO2. The Kier molecular flexibility index (Phi) is 3.58. The van der Waals surface area contributed by atoms with E-state index in [0.717, 1.165) is 22.2 Å². The van der Waals surface area contributed by atoms with E-state index in [9.17, 15) is 5.11 Å². The van der Waals surface area contributed by atoms with Gasteiger partial charge in [-0.1, -0.05) is 52.3 Å². The lowest BCUT2D eigenvalue weighted by Gasteiger charge is -2.18. The van der Waals surface area contributed by atoms with Crippen LogP contribution in [0, 0.1) is 0 Å². The summed E-state index contributed by atoms with van der Waals surface area (Å²) in [5.41, 5.74) is 2.29. The molecule has 0 saturated carbocycles. The van der Waals surface area contributed by atoms with Gasteiger partial charge in [-0.25, -0.2) is 0 Å². The van der Waals surface area contributed by atoms with E-state index in [1.807, 2.05) is 42.5 Å². The molecule has 1 aliphatic rings. The second-order valence-electron chi connectivity index (χ2n) is 4.83. The van der Waals surface area contributed by atoms with E-state index in [1.165, 1.54) is 5.56 Å². The summed E-state index contributed by atoms with van der Waals surface area (Å²) in [6, 6.07) is 16.0. The third kappa shape index (κ3) is 2.67. The minimum atomic E-state index is -0.494. The van der Waals surface area contributed by atoms with Crippen molar-refractivity contribution in [3.05, 3.63) is 64.1 Å². The van der Waals surface area contributed by atoms with Gasteiger partial charge in [-0.15, -0.1) is 0 Å². The Hall–Kier alpha value is -1.32. The summed E-state index contributed by atoms with van der Waals surface area (Å²) >= 11 is 3.51. The van der Waals surface area contributed by atoms with Gasteiger partial charge in [0.05, 0.1) is 6.10 Å². The van der Waals surface area contributed by atoms with Gasteiger partial charge in [0.1, 0.15) is 11.9 Å². The molecule has 0 bridgehead atoms. The van der Waals surface area contributed by atoms with Crippen molar-refractivity contribution >= 4 is 15.9 Å². The van der Waals surface area contributed by atoms with E-state index in [0.29, 0.717) is 6.42 Å². The predicted molar refractivity (Wildman–Crippen MR) is 78.4 cm³/mol. The topological polar surface area (TPSA) is 29.5 Å². The fraction of sp³-hybridized carbons (Fsp3) is 0.250. The number of benzene rings is 2. The number of para-hydroxylation sites is 1. The molecular weight excluding hydrogens is 304 g/mol. The van der Waals surface area contributed by atoms with Gasteiger partial charge in [-0.3, -0.25) is 0 Å². The molecule has 3 rings (SSSR count). The maximum atomic E-state index is 10.4. The van der Waals surface area contributed by atoms with Crippen molar-refractivity contribution in [1.29, 1.82) is 0 Å². The van der Waals surface area contributed by atoms with E-state index < -0.39 is 6.10 Å². The third-order valence-corrected chi connectivity index (χ3v) is 4.26. The third-order valence-electron chi connectivity index (χ3n) is 3.49. The Morgan fingerprint density at radius 3 is 2.68 bits per heavy atom. The molecule has 2 nitrogen and oxygen atoms in total. The number of hydrogen-bond acceptors (Lipinski definition) is 2. The van der Waals surface area contributed by atoms with Crippen LogP contribution in [0.3, 0.4) is 0 Å². The van der Waals surface area contributed by atoms with Crippen LogP contribution >= 0.6 is 15.9 Å². The molecule has 0 spiro atoms. The van der Waals surface area contributed by atoms with Crippen molar-refractivity contribution in [3.63, 3.8) is 0 Å². The molecule has 1 N–H and O–H groups in total. The van der Waals surface area contributed by atoms with E-state index in [4.69, 9.17) is 4.74 Å². The van der Waals surface area contributed by atoms with Crippen molar-refractivity contribution in [2.45, 2.75) is 25.0 Å². The fourth-order valence-electron chi connectivity index (χ4n) is 2.44. The van der Waals surface area contributed by atoms with E-state index >= 15 is 0 Å². The molecule has 2 unspecified atom stereocenters. The number of rotatable bonds is 3. The average molecular weight is 319 g/mol. The molecule has 19 heavy (non-hydrogen) atoms. The zero-order valence-corrected chi connectivity index (χ0v) is 12.0. The summed E-state index contributed by atoms with van der Waals surface area (Å²) in [6.07, 6.45) is 0.734. The molecule has 2 aromatic carbocycles. The van der Waals surface area contributed by atoms with Gasteiger partial charge < -0.3 is 9.84 Å². The highest BCUT2D eigenvalue weighted by molar-refractivity contribution is 9.10. The Balaban J connectivity index is 1.70. The van der Waals surface area contributed by atoms with Crippen LogP contribution in [-0.2, 0) is 12.8 Å². The standard InChI is InChI=1S/C16H15BrO2/c17-13-7-3-1-5-11(13)9-14(18)16-10-12-6-2-4-8-15(12)19-16/h1-8,14,16,18H,9-10H2. The Morgan fingerprint density at radius 1 is 1.16 bits per heavy atom. The normalized spacial score (nSPS) is 18.7. The molecule has 0 saturated heterocycles. The van der Waals surface area contributed by atoms with Crippen LogP contribution in [0.15, 0.2) is 53.0 Å². The van der Waals surface area contributed by atoms with Crippen molar-refractivity contribution in [1.82, 2.24) is 0 Å². The van der Waals surface area contributed by atoms with Gasteiger partial charge in [0.25, 0.3) is 0 Å². The van der Waals surface area contributed by atoms with Crippen LogP contribution in [0.1, 0.15) is 11.1 Å². The summed E-state index contributed by atoms with van der Waals surface area (Å²) in [7, 11) is 0. The van der Waals surface area contributed by atoms with E-state index in [2.05, 4.69) is 22.0 Å². The molecule has 2 aromatic rings. The SMILES string of the molecule is OC(Cc1ccccc1Br)C1Cc2ccccc2O1. The second-order valence-corrected chi connectivity index (χ2v) is 5.69. The molecule has 0 aliphatic carbocycles. The molecule has 0 aromatic heterocycles. The van der Waals surface area contributed by atoms with Crippen LogP contribution in [0.25, 0.3) is 0 Å². The molecule has 1 heterocycles. The molecule has 1 aliphatic heterocycles. The van der Waals surface area contributed by atoms with Gasteiger partial charge in [-0.05, 0) is 23.3 Å². The molecule has 98 valence electrons. The lowest BCUT2D eigenvalue weighted by atomic mass is 10.0. The minimum Gasteiger partial charge on any atom is -0.487 e. The first kappa shape index (κ1) is 12.7. The molecule has 3 heteroatoms. The predicted octanol–water partition coefficient (Wildman–Crippen LogP) is 3.36. The van der Waals surface area contributed by atoms with Crippen molar-refractivity contribution in [2.24, 2.45) is 0 Å². The number of hydrogen-bond donors (Lipinski definition) is 1. The maximum absolute atomic E-state index is 10.4. The highest BCUT2D eigenvalue weighted by Gasteiger charge is 2.29. The smallest absolute Gasteiger partial charge is 0.129 e. The van der Waals surface area contributed by atoms with E-state index in [1.54, 1.807) is 0 Å². The minimum absolute atomic E-state index is 0.149. The van der Waals surface area contributed by atoms with Crippen LogP contribution in [0.4, 0.5) is 0 Å². The summed E-state index contributed by atoms with van der Waals surface area (Å²) < 4.78 is 6.85. The van der Waals surface area contributed by atoms with Crippen LogP contribution < -0.4 is 4.74 Å². The van der Waals surface area contributed by atoms with Crippen molar-refractivity contribution < 1.29 is 9.84 Å². The average Bonchev–Trinajstić information content (AvgIpc) is 2.85. The van der Waals surface area contributed by atoms with Crippen LogP contribution in [0.2, 0.25) is 0 Å². The first-order valence-corrected chi connectivity index (χ1v) is 7.19. The molecule has 0 fully saturated rings. The van der Waals surface area contributed by atoms with Gasteiger partial charge >= 0.3 is 0 Å². The van der Waals surface area contributed by atoms with Gasteiger partial charge in [0, 0.05) is 17.3 Å². The Labute approximate surface area is 121 Å². The molecule has 2 atom stereocenters. The second kappa shape index (κ2) is 5.35. The maximum Gasteiger partial charge on any atom is 0.129 e. The Bertz CT molecular complexity index is 557. The number of halogens is 1. The zero-order valence-electron chi connectivity index (χ0n) is 10.4. The van der Waals surface area contributed by atoms with Crippen LogP contribution in [0.5, 0.6) is 5.75 Å². The first-order valence-electron chi connectivity index (χ1n) is 6.40. The summed E-state index contributed by atoms with van der Waals surface area (Å²) in [6.45, 7) is 0. The number of aliphatic hydroxyl groups is 1. The zero-order chi connectivity index (χ0) is 13.2. The molecule has 0 amide bonds. The first-order chi connectivity index (χ1) is 9.24. The number of fused-ring (bicyclic) bond motifs is 1. The monoisotopic (exact) mass is 318 g/mol. The largest absolute Gasteiger partial charge is 0.487 e. The molecule has 0 radical (unpaired) electrons. The van der Waals surface area contributed by atoms with Crippen LogP contribution in [-0.4, -0.2) is 17.3 Å². The number of aliphatic hydroxyl groups excluding tert-OH is 1. The van der Waals surface area contributed by atoms with Gasteiger partial charge in [-0.2, -0.15) is 0 Å². The summed E-state index contributed by atoms with van der Waals surface area (Å²) in [5.74, 6) is 0.902. The van der Waals surface area contributed by atoms with E-state index in [-0.39, 0.29) is 6.10 Å². The van der Waals surface area contributed by atoms with Crippen molar-refractivity contribution in [2.75, 3.05) is 0 Å². The van der Waals surface area contributed by atoms with Gasteiger partial charge in [0.2, 0.25) is 0 Å².